The zero-order valence-electron chi connectivity index (χ0n) is 23.6. The minimum Gasteiger partial charge on any atom is -0.496 e. The molecule has 3 atom stereocenters. The third-order valence-electron chi connectivity index (χ3n) is 8.60. The summed E-state index contributed by atoms with van der Waals surface area (Å²) in [6, 6.07) is 10.0. The van der Waals surface area contributed by atoms with E-state index in [0.29, 0.717) is 47.8 Å². The van der Waals surface area contributed by atoms with Crippen LogP contribution < -0.4 is 4.74 Å². The quantitative estimate of drug-likeness (QED) is 0.372. The number of ether oxygens (including phenoxy) is 1. The number of likely N-dealkylation sites (N-methyl/N-ethyl adjacent to an activating group) is 1. The third kappa shape index (κ3) is 5.47. The highest BCUT2D eigenvalue weighted by Gasteiger charge is 2.35. The SMILES string of the molecule is COc1cc2[nH]cc(C(=O)C(=O)N3CCN(C)CC3)c2cc1C(=O)N1C[C@H](C)C(Cc2ccc(F)cc2)C[C@H]1C. The molecule has 0 bridgehead atoms. The Balaban J connectivity index is 1.37. The van der Waals surface area contributed by atoms with E-state index in [1.807, 2.05) is 31.0 Å². The van der Waals surface area contributed by atoms with Crippen molar-refractivity contribution >= 4 is 28.5 Å². The maximum absolute atomic E-state index is 13.9. The summed E-state index contributed by atoms with van der Waals surface area (Å²) in [5.41, 5.74) is 2.34. The number of methoxy groups -OCH3 is 1. The fourth-order valence-corrected chi connectivity index (χ4v) is 6.02. The van der Waals surface area contributed by atoms with E-state index in [1.54, 1.807) is 23.2 Å². The first-order valence-electron chi connectivity index (χ1n) is 13.9. The Hall–Kier alpha value is -3.72. The van der Waals surface area contributed by atoms with Crippen molar-refractivity contribution in [2.45, 2.75) is 32.7 Å². The van der Waals surface area contributed by atoms with Crippen molar-refractivity contribution in [3.63, 3.8) is 0 Å². The van der Waals surface area contributed by atoms with Gasteiger partial charge in [-0.2, -0.15) is 0 Å². The first-order valence-corrected chi connectivity index (χ1v) is 13.9. The van der Waals surface area contributed by atoms with E-state index in [9.17, 15) is 18.8 Å². The molecule has 212 valence electrons. The Morgan fingerprint density at radius 3 is 2.40 bits per heavy atom. The molecule has 2 aromatic carbocycles. The van der Waals surface area contributed by atoms with Crippen LogP contribution in [0.1, 0.15) is 46.5 Å². The second-order valence-corrected chi connectivity index (χ2v) is 11.3. The molecule has 0 saturated carbocycles. The Kier molecular flexibility index (Phi) is 7.94. The zero-order chi connectivity index (χ0) is 28.6. The number of carbonyl (C=O) groups is 3. The third-order valence-corrected chi connectivity index (χ3v) is 8.60. The number of aromatic nitrogens is 1. The van der Waals surface area contributed by atoms with Crippen molar-refractivity contribution in [1.29, 1.82) is 0 Å². The topological polar surface area (TPSA) is 86.0 Å². The van der Waals surface area contributed by atoms with E-state index in [4.69, 9.17) is 4.74 Å². The number of fused-ring (bicyclic) bond motifs is 1. The van der Waals surface area contributed by atoms with E-state index in [1.165, 1.54) is 19.2 Å². The fourth-order valence-electron chi connectivity index (χ4n) is 6.02. The summed E-state index contributed by atoms with van der Waals surface area (Å²) >= 11 is 0. The smallest absolute Gasteiger partial charge is 0.295 e. The number of H-pyrrole nitrogens is 1. The number of piperidine rings is 1. The number of Topliss-reactive ketones (excluding diaryl/α,β-unsaturated/α-hetero) is 1. The van der Waals surface area contributed by atoms with E-state index < -0.39 is 11.7 Å². The zero-order valence-corrected chi connectivity index (χ0v) is 23.6. The maximum Gasteiger partial charge on any atom is 0.295 e. The van der Waals surface area contributed by atoms with Gasteiger partial charge >= 0.3 is 0 Å². The van der Waals surface area contributed by atoms with Crippen molar-refractivity contribution in [3.8, 4) is 5.75 Å². The van der Waals surface area contributed by atoms with Gasteiger partial charge in [-0.3, -0.25) is 14.4 Å². The van der Waals surface area contributed by atoms with Crippen LogP contribution in [0.5, 0.6) is 5.75 Å². The molecule has 1 aromatic heterocycles. The highest BCUT2D eigenvalue weighted by molar-refractivity contribution is 6.45. The Morgan fingerprint density at radius 2 is 1.73 bits per heavy atom. The molecule has 2 saturated heterocycles. The lowest BCUT2D eigenvalue weighted by molar-refractivity contribution is -0.127. The van der Waals surface area contributed by atoms with Gasteiger partial charge in [-0.05, 0) is 62.4 Å². The lowest BCUT2D eigenvalue weighted by Crippen LogP contribution is -2.49. The van der Waals surface area contributed by atoms with Crippen molar-refractivity contribution in [1.82, 2.24) is 19.7 Å². The number of halogens is 1. The predicted octanol–water partition coefficient (Wildman–Crippen LogP) is 4.00. The molecular formula is C31H37FN4O4. The van der Waals surface area contributed by atoms with Gasteiger partial charge in [0.15, 0.2) is 0 Å². The second-order valence-electron chi connectivity index (χ2n) is 11.3. The minimum atomic E-state index is -0.581. The van der Waals surface area contributed by atoms with Crippen LogP contribution in [0.2, 0.25) is 0 Å². The Morgan fingerprint density at radius 1 is 1.02 bits per heavy atom. The summed E-state index contributed by atoms with van der Waals surface area (Å²) < 4.78 is 19.0. The molecule has 3 heterocycles. The summed E-state index contributed by atoms with van der Waals surface area (Å²) in [6.45, 7) is 7.23. The fraction of sp³-hybridized carbons (Fsp3) is 0.452. The lowest BCUT2D eigenvalue weighted by Gasteiger charge is -2.42. The molecule has 3 aromatic rings. The molecule has 0 spiro atoms. The van der Waals surface area contributed by atoms with E-state index in [2.05, 4.69) is 16.8 Å². The molecule has 0 radical (unpaired) electrons. The molecule has 0 aliphatic carbocycles. The number of nitrogens with one attached hydrogen (secondary N) is 1. The van der Waals surface area contributed by atoms with Gasteiger partial charge in [0, 0.05) is 61.9 Å². The van der Waals surface area contributed by atoms with Crippen molar-refractivity contribution < 1.29 is 23.5 Å². The number of carbonyl (C=O) groups excluding carboxylic acids is 3. The van der Waals surface area contributed by atoms with E-state index in [0.717, 1.165) is 31.5 Å². The van der Waals surface area contributed by atoms with Crippen LogP contribution in [0.15, 0.2) is 42.6 Å². The molecule has 2 aliphatic heterocycles. The number of hydrogen-bond donors (Lipinski definition) is 1. The first kappa shape index (κ1) is 27.8. The monoisotopic (exact) mass is 548 g/mol. The molecule has 1 unspecified atom stereocenters. The van der Waals surface area contributed by atoms with Crippen LogP contribution in [-0.4, -0.2) is 90.2 Å². The van der Waals surface area contributed by atoms with Gasteiger partial charge in [0.1, 0.15) is 11.6 Å². The van der Waals surface area contributed by atoms with Gasteiger partial charge < -0.3 is 24.4 Å². The highest BCUT2D eigenvalue weighted by atomic mass is 19.1. The molecule has 9 heteroatoms. The number of rotatable bonds is 6. The normalized spacial score (nSPS) is 22.0. The molecule has 40 heavy (non-hydrogen) atoms. The number of aromatic amines is 1. The number of amides is 2. The summed E-state index contributed by atoms with van der Waals surface area (Å²) in [7, 11) is 3.51. The lowest BCUT2D eigenvalue weighted by atomic mass is 9.79. The van der Waals surface area contributed by atoms with Gasteiger partial charge in [-0.15, -0.1) is 0 Å². The molecule has 5 rings (SSSR count). The van der Waals surface area contributed by atoms with Crippen LogP contribution in [0.25, 0.3) is 10.9 Å². The molecule has 2 aliphatic rings. The van der Waals surface area contributed by atoms with Gasteiger partial charge in [-0.1, -0.05) is 19.1 Å². The summed E-state index contributed by atoms with van der Waals surface area (Å²) in [6.07, 6.45) is 3.20. The number of benzene rings is 2. The van der Waals surface area contributed by atoms with Crippen molar-refractivity contribution in [2.75, 3.05) is 46.9 Å². The molecule has 1 N–H and O–H groups in total. The molecular weight excluding hydrogens is 511 g/mol. The average Bonchev–Trinajstić information content (AvgIpc) is 3.37. The van der Waals surface area contributed by atoms with Crippen LogP contribution in [0.4, 0.5) is 4.39 Å². The van der Waals surface area contributed by atoms with Crippen LogP contribution >= 0.6 is 0 Å². The first-order chi connectivity index (χ1) is 19.2. The molecule has 8 nitrogen and oxygen atoms in total. The van der Waals surface area contributed by atoms with Crippen LogP contribution in [0.3, 0.4) is 0 Å². The number of piperazine rings is 1. The number of nitrogens with zero attached hydrogens (tertiary/aromatic N) is 3. The van der Waals surface area contributed by atoms with Crippen molar-refractivity contribution in [2.24, 2.45) is 11.8 Å². The summed E-state index contributed by atoms with van der Waals surface area (Å²) in [4.78, 5) is 48.9. The minimum absolute atomic E-state index is 0.0133. The van der Waals surface area contributed by atoms with Crippen molar-refractivity contribution in [3.05, 3.63) is 65.1 Å². The van der Waals surface area contributed by atoms with Crippen LogP contribution in [0, 0.1) is 17.7 Å². The van der Waals surface area contributed by atoms with E-state index in [-0.39, 0.29) is 29.2 Å². The average molecular weight is 549 g/mol. The van der Waals surface area contributed by atoms with Gasteiger partial charge in [0.2, 0.25) is 0 Å². The Labute approximate surface area is 234 Å². The standard InChI is InChI=1S/C31H37FN4O4/c1-19-18-36(20(2)13-22(19)14-21-5-7-23(32)8-6-21)30(38)25-15-24-26(17-33-27(24)16-28(25)40-4)29(37)31(39)35-11-9-34(3)10-12-35/h5-8,15-17,19-20,22,33H,9-14,18H2,1-4H3/t19-,20+,22?/m0/s1. The van der Waals surface area contributed by atoms with Gasteiger partial charge in [0.25, 0.3) is 17.6 Å². The van der Waals surface area contributed by atoms with Crippen LogP contribution in [-0.2, 0) is 11.2 Å². The Bertz CT molecular complexity index is 1410. The second kappa shape index (κ2) is 11.4. The summed E-state index contributed by atoms with van der Waals surface area (Å²) in [5, 5.41) is 0.531. The maximum atomic E-state index is 13.9. The van der Waals surface area contributed by atoms with Gasteiger partial charge in [0.05, 0.1) is 18.2 Å². The summed E-state index contributed by atoms with van der Waals surface area (Å²) in [5.74, 6) is -0.493. The predicted molar refractivity (Wildman–Crippen MR) is 151 cm³/mol. The highest BCUT2D eigenvalue weighted by Crippen LogP contribution is 2.35. The molecule has 2 fully saturated rings. The van der Waals surface area contributed by atoms with E-state index >= 15 is 0 Å². The largest absolute Gasteiger partial charge is 0.496 e. The number of likely N-dealkylation sites (tertiary alicyclic amines) is 1. The van der Waals surface area contributed by atoms with Gasteiger partial charge in [-0.25, -0.2) is 4.39 Å². The molecule has 2 amide bonds. The number of ketones is 1. The number of hydrogen-bond acceptors (Lipinski definition) is 5.